The molecule has 0 unspecified atom stereocenters. The highest BCUT2D eigenvalue weighted by atomic mass is 16.4. The highest BCUT2D eigenvalue weighted by Gasteiger charge is 2.10. The van der Waals surface area contributed by atoms with E-state index in [1.54, 1.807) is 12.4 Å². The molecule has 94 valence electrons. The van der Waals surface area contributed by atoms with Crippen molar-refractivity contribution in [2.75, 3.05) is 0 Å². The summed E-state index contributed by atoms with van der Waals surface area (Å²) in [6, 6.07) is 7.42. The van der Waals surface area contributed by atoms with Gasteiger partial charge in [-0.15, -0.1) is 10.2 Å². The van der Waals surface area contributed by atoms with E-state index in [1.165, 1.54) is 0 Å². The van der Waals surface area contributed by atoms with Crippen molar-refractivity contribution in [2.45, 2.75) is 26.2 Å². The van der Waals surface area contributed by atoms with Crippen molar-refractivity contribution in [3.63, 3.8) is 0 Å². The number of aliphatic carboxylic acids is 1. The molecule has 0 aliphatic heterocycles. The topological polar surface area (TPSA) is 68.0 Å². The van der Waals surface area contributed by atoms with Crippen molar-refractivity contribution in [1.29, 1.82) is 0 Å². The maximum Gasteiger partial charge on any atom is 0.307 e. The van der Waals surface area contributed by atoms with Gasteiger partial charge >= 0.3 is 5.97 Å². The second kappa shape index (κ2) is 5.00. The molecule has 5 heteroatoms. The zero-order valence-corrected chi connectivity index (χ0v) is 10.4. The van der Waals surface area contributed by atoms with Gasteiger partial charge in [-0.25, -0.2) is 0 Å². The third kappa shape index (κ3) is 2.56. The van der Waals surface area contributed by atoms with Crippen LogP contribution in [0.1, 0.15) is 31.2 Å². The molecule has 0 aliphatic carbocycles. The van der Waals surface area contributed by atoms with Gasteiger partial charge in [0.2, 0.25) is 0 Å². The van der Waals surface area contributed by atoms with Crippen molar-refractivity contribution in [1.82, 2.24) is 14.8 Å². The smallest absolute Gasteiger partial charge is 0.307 e. The van der Waals surface area contributed by atoms with Gasteiger partial charge in [0.05, 0.1) is 6.42 Å². The van der Waals surface area contributed by atoms with Crippen LogP contribution in [0.5, 0.6) is 0 Å². The number of hydrogen-bond donors (Lipinski definition) is 1. The molecule has 0 spiro atoms. The molecule has 1 aromatic carbocycles. The molecule has 2 aromatic rings. The lowest BCUT2D eigenvalue weighted by atomic mass is 10.1. The van der Waals surface area contributed by atoms with Crippen LogP contribution in [0.25, 0.3) is 5.69 Å². The van der Waals surface area contributed by atoms with E-state index in [4.69, 9.17) is 5.11 Å². The highest BCUT2D eigenvalue weighted by Crippen LogP contribution is 2.17. The summed E-state index contributed by atoms with van der Waals surface area (Å²) in [4.78, 5) is 10.7. The fourth-order valence-electron chi connectivity index (χ4n) is 1.83. The van der Waals surface area contributed by atoms with Crippen LogP contribution in [0.2, 0.25) is 0 Å². The van der Waals surface area contributed by atoms with Gasteiger partial charge in [-0.3, -0.25) is 9.36 Å². The maximum atomic E-state index is 10.7. The van der Waals surface area contributed by atoms with Crippen LogP contribution in [0.15, 0.2) is 30.6 Å². The van der Waals surface area contributed by atoms with Gasteiger partial charge in [-0.05, 0) is 17.7 Å². The average molecular weight is 245 g/mol. The lowest BCUT2D eigenvalue weighted by Crippen LogP contribution is -2.04. The molecule has 2 rings (SSSR count). The zero-order chi connectivity index (χ0) is 13.1. The number of nitrogens with zero attached hydrogens (tertiary/aromatic N) is 3. The number of aromatic nitrogens is 3. The van der Waals surface area contributed by atoms with Gasteiger partial charge in [0.1, 0.15) is 12.2 Å². The first-order chi connectivity index (χ1) is 8.58. The highest BCUT2D eigenvalue weighted by molar-refractivity contribution is 5.70. The predicted molar refractivity (Wildman–Crippen MR) is 66.8 cm³/mol. The summed E-state index contributed by atoms with van der Waals surface area (Å²) in [5.74, 6) is 0.290. The Morgan fingerprint density at radius 3 is 2.89 bits per heavy atom. The molecule has 0 fully saturated rings. The Hall–Kier alpha value is -2.17. The summed E-state index contributed by atoms with van der Waals surface area (Å²) < 4.78 is 1.88. The lowest BCUT2D eigenvalue weighted by Gasteiger charge is -2.09. The average Bonchev–Trinajstić information content (AvgIpc) is 2.77. The third-order valence-electron chi connectivity index (χ3n) is 2.63. The normalized spacial score (nSPS) is 10.8. The number of carboxylic acids is 1. The molecular weight excluding hydrogens is 230 g/mol. The molecule has 0 amide bonds. The SMILES string of the molecule is CC(C)c1nncn1-c1cccc(CC(=O)O)c1. The summed E-state index contributed by atoms with van der Waals surface area (Å²) in [5, 5.41) is 16.8. The number of rotatable bonds is 4. The molecule has 1 N–H and O–H groups in total. The predicted octanol–water partition coefficient (Wildman–Crippen LogP) is 2.02. The Morgan fingerprint density at radius 2 is 2.22 bits per heavy atom. The molecule has 0 radical (unpaired) electrons. The Labute approximate surface area is 105 Å². The fourth-order valence-corrected chi connectivity index (χ4v) is 1.83. The Morgan fingerprint density at radius 1 is 1.44 bits per heavy atom. The summed E-state index contributed by atoms with van der Waals surface area (Å²) in [7, 11) is 0. The molecule has 0 saturated carbocycles. The summed E-state index contributed by atoms with van der Waals surface area (Å²) in [6.07, 6.45) is 1.67. The van der Waals surface area contributed by atoms with Crippen molar-refractivity contribution in [3.8, 4) is 5.69 Å². The summed E-state index contributed by atoms with van der Waals surface area (Å²) in [5.41, 5.74) is 1.66. The van der Waals surface area contributed by atoms with Crippen LogP contribution < -0.4 is 0 Å². The molecule has 1 heterocycles. The Kier molecular flexibility index (Phi) is 3.41. The van der Waals surface area contributed by atoms with Gasteiger partial charge in [-0.2, -0.15) is 0 Å². The molecule has 0 bridgehead atoms. The van der Waals surface area contributed by atoms with Gasteiger partial charge < -0.3 is 5.11 Å². The van der Waals surface area contributed by atoms with E-state index >= 15 is 0 Å². The van der Waals surface area contributed by atoms with Crippen LogP contribution in [0.3, 0.4) is 0 Å². The first-order valence-electron chi connectivity index (χ1n) is 5.79. The van der Waals surface area contributed by atoms with Gasteiger partial charge in [-0.1, -0.05) is 26.0 Å². The minimum Gasteiger partial charge on any atom is -0.481 e. The quantitative estimate of drug-likeness (QED) is 0.894. The number of carbonyl (C=O) groups is 1. The maximum absolute atomic E-state index is 10.7. The van der Waals surface area contributed by atoms with E-state index < -0.39 is 5.97 Å². The van der Waals surface area contributed by atoms with E-state index in [-0.39, 0.29) is 12.3 Å². The lowest BCUT2D eigenvalue weighted by molar-refractivity contribution is -0.136. The minimum atomic E-state index is -0.833. The van der Waals surface area contributed by atoms with Crippen molar-refractivity contribution in [3.05, 3.63) is 42.0 Å². The number of hydrogen-bond acceptors (Lipinski definition) is 3. The van der Waals surface area contributed by atoms with Gasteiger partial charge in [0.15, 0.2) is 0 Å². The van der Waals surface area contributed by atoms with E-state index in [0.717, 1.165) is 17.1 Å². The van der Waals surface area contributed by atoms with E-state index in [1.807, 2.05) is 36.6 Å². The monoisotopic (exact) mass is 245 g/mol. The van der Waals surface area contributed by atoms with E-state index in [9.17, 15) is 4.79 Å². The van der Waals surface area contributed by atoms with Crippen molar-refractivity contribution >= 4 is 5.97 Å². The van der Waals surface area contributed by atoms with Crippen molar-refractivity contribution in [2.24, 2.45) is 0 Å². The van der Waals surface area contributed by atoms with Crippen molar-refractivity contribution < 1.29 is 9.90 Å². The summed E-state index contributed by atoms with van der Waals surface area (Å²) >= 11 is 0. The largest absolute Gasteiger partial charge is 0.481 e. The van der Waals surface area contributed by atoms with E-state index in [2.05, 4.69) is 10.2 Å². The van der Waals surface area contributed by atoms with Crippen LogP contribution in [0, 0.1) is 0 Å². The first-order valence-corrected chi connectivity index (χ1v) is 5.79. The third-order valence-corrected chi connectivity index (χ3v) is 2.63. The number of carboxylic acid groups (broad SMARTS) is 1. The molecule has 0 saturated heterocycles. The van der Waals surface area contributed by atoms with Gasteiger partial charge in [0.25, 0.3) is 0 Å². The summed E-state index contributed by atoms with van der Waals surface area (Å²) in [6.45, 7) is 4.09. The molecule has 5 nitrogen and oxygen atoms in total. The van der Waals surface area contributed by atoms with Crippen LogP contribution in [-0.2, 0) is 11.2 Å². The molecule has 0 atom stereocenters. The Bertz CT molecular complexity index is 561. The Balaban J connectivity index is 2.38. The number of benzene rings is 1. The molecular formula is C13H15N3O2. The first kappa shape index (κ1) is 12.3. The molecule has 18 heavy (non-hydrogen) atoms. The van der Waals surface area contributed by atoms with Crippen LogP contribution in [-0.4, -0.2) is 25.8 Å². The molecule has 0 aliphatic rings. The van der Waals surface area contributed by atoms with Crippen LogP contribution in [0.4, 0.5) is 0 Å². The van der Waals surface area contributed by atoms with Gasteiger partial charge in [0, 0.05) is 11.6 Å². The molecule has 1 aromatic heterocycles. The second-order valence-corrected chi connectivity index (χ2v) is 4.45. The standard InChI is InChI=1S/C13H15N3O2/c1-9(2)13-15-14-8-16(13)11-5-3-4-10(6-11)7-12(17)18/h3-6,8-9H,7H2,1-2H3,(H,17,18). The minimum absolute atomic E-state index is 0.0208. The fraction of sp³-hybridized carbons (Fsp3) is 0.308. The zero-order valence-electron chi connectivity index (χ0n) is 10.4. The second-order valence-electron chi connectivity index (χ2n) is 4.45. The van der Waals surface area contributed by atoms with E-state index in [0.29, 0.717) is 0 Å². The van der Waals surface area contributed by atoms with Crippen LogP contribution >= 0.6 is 0 Å².